The fourth-order valence-corrected chi connectivity index (χ4v) is 3.94. The zero-order chi connectivity index (χ0) is 20.6. The first kappa shape index (κ1) is 20.8. The highest BCUT2D eigenvalue weighted by molar-refractivity contribution is 6.13. The second-order valence-corrected chi connectivity index (χ2v) is 7.12. The number of carbonyl (C=O) groups excluding carboxylic acids is 1. The molecule has 1 N–H and O–H groups in total. The number of para-hydroxylation sites is 2. The molecule has 1 amide bonds. The molecule has 3 aromatic rings. The van der Waals surface area contributed by atoms with Crippen LogP contribution in [-0.2, 0) is 0 Å². The molecule has 4 nitrogen and oxygen atoms in total. The maximum absolute atomic E-state index is 13.1. The Morgan fingerprint density at radius 2 is 1.79 bits per heavy atom. The molecule has 4 rings (SSSR count). The smallest absolute Gasteiger partial charge is 0.256 e. The van der Waals surface area contributed by atoms with Crippen molar-refractivity contribution >= 4 is 28.3 Å². The number of piperidine rings is 1. The van der Waals surface area contributed by atoms with Crippen LogP contribution < -0.4 is 10.2 Å². The Morgan fingerprint density at radius 1 is 1.07 bits per heavy atom. The van der Waals surface area contributed by atoms with Crippen LogP contribution in [0.15, 0.2) is 60.7 Å². The van der Waals surface area contributed by atoms with Crippen LogP contribution in [0, 0.1) is 0 Å². The summed E-state index contributed by atoms with van der Waals surface area (Å²) in [4.78, 5) is 20.3. The Bertz CT molecular complexity index is 939. The van der Waals surface area contributed by atoms with Gasteiger partial charge in [0.05, 0.1) is 11.1 Å². The normalized spacial score (nSPS) is 16.1. The number of hydrogen-bond donors (Lipinski definition) is 1. The first-order valence-electron chi connectivity index (χ1n) is 10.8. The highest BCUT2D eigenvalue weighted by Gasteiger charge is 2.24. The Morgan fingerprint density at radius 3 is 2.55 bits per heavy atom. The minimum atomic E-state index is -0.0916. The SMILES string of the molecule is CC.CCC1CCCCN1c1cc(C(=O)Nc2ccccc2)c2ccccc2n1. The van der Waals surface area contributed by atoms with Gasteiger partial charge in [-0.2, -0.15) is 0 Å². The van der Waals surface area contributed by atoms with Gasteiger partial charge >= 0.3 is 0 Å². The molecule has 0 radical (unpaired) electrons. The monoisotopic (exact) mass is 389 g/mol. The zero-order valence-corrected chi connectivity index (χ0v) is 17.7. The van der Waals surface area contributed by atoms with Crippen LogP contribution in [0.2, 0.25) is 0 Å². The van der Waals surface area contributed by atoms with Gasteiger partial charge in [-0.1, -0.05) is 57.2 Å². The van der Waals surface area contributed by atoms with Gasteiger partial charge in [0, 0.05) is 23.7 Å². The Balaban J connectivity index is 0.00000117. The molecular formula is C25H31N3O. The predicted molar refractivity (Wildman–Crippen MR) is 123 cm³/mol. The highest BCUT2D eigenvalue weighted by atomic mass is 16.1. The number of amides is 1. The third-order valence-electron chi connectivity index (χ3n) is 5.37. The molecule has 4 heteroatoms. The molecule has 0 bridgehead atoms. The molecule has 1 saturated heterocycles. The van der Waals surface area contributed by atoms with E-state index in [1.54, 1.807) is 0 Å². The summed E-state index contributed by atoms with van der Waals surface area (Å²) >= 11 is 0. The van der Waals surface area contributed by atoms with Gasteiger partial charge in [-0.05, 0) is 49.9 Å². The van der Waals surface area contributed by atoms with Gasteiger partial charge in [-0.3, -0.25) is 4.79 Å². The average Bonchev–Trinajstić information content (AvgIpc) is 2.80. The molecule has 1 aliphatic heterocycles. The Labute approximate surface area is 174 Å². The summed E-state index contributed by atoms with van der Waals surface area (Å²) < 4.78 is 0. The number of hydrogen-bond acceptors (Lipinski definition) is 3. The minimum Gasteiger partial charge on any atom is -0.354 e. The predicted octanol–water partition coefficient (Wildman–Crippen LogP) is 6.28. The number of carbonyl (C=O) groups is 1. The van der Waals surface area contributed by atoms with Crippen LogP contribution >= 0.6 is 0 Å². The van der Waals surface area contributed by atoms with Crippen molar-refractivity contribution in [2.45, 2.75) is 52.5 Å². The van der Waals surface area contributed by atoms with Crippen LogP contribution in [0.25, 0.3) is 10.9 Å². The number of pyridine rings is 1. The first-order valence-corrected chi connectivity index (χ1v) is 10.8. The van der Waals surface area contributed by atoms with Gasteiger partial charge < -0.3 is 10.2 Å². The topological polar surface area (TPSA) is 45.2 Å². The molecule has 1 aliphatic rings. The largest absolute Gasteiger partial charge is 0.354 e. The van der Waals surface area contributed by atoms with E-state index in [2.05, 4.69) is 17.1 Å². The van der Waals surface area contributed by atoms with Gasteiger partial charge in [0.15, 0.2) is 0 Å². The summed E-state index contributed by atoms with van der Waals surface area (Å²) in [5, 5.41) is 3.91. The van der Waals surface area contributed by atoms with E-state index in [1.807, 2.05) is 74.5 Å². The van der Waals surface area contributed by atoms with Crippen molar-refractivity contribution in [1.82, 2.24) is 4.98 Å². The molecule has 0 spiro atoms. The summed E-state index contributed by atoms with van der Waals surface area (Å²) in [6, 6.07) is 20.0. The molecule has 2 aromatic carbocycles. The third kappa shape index (κ3) is 4.76. The molecule has 1 aromatic heterocycles. The van der Waals surface area contributed by atoms with Crippen molar-refractivity contribution in [3.8, 4) is 0 Å². The highest BCUT2D eigenvalue weighted by Crippen LogP contribution is 2.29. The maximum Gasteiger partial charge on any atom is 0.256 e. The van der Waals surface area contributed by atoms with Crippen molar-refractivity contribution in [3.05, 3.63) is 66.2 Å². The molecule has 1 atom stereocenters. The summed E-state index contributed by atoms with van der Waals surface area (Å²) in [7, 11) is 0. The lowest BCUT2D eigenvalue weighted by atomic mass is 9.99. The molecule has 0 aliphatic carbocycles. The average molecular weight is 390 g/mol. The standard InChI is InChI=1S/C23H25N3O.C2H6/c1-2-18-12-8-9-15-26(18)22-16-20(19-13-6-7-14-21(19)25-22)23(27)24-17-10-4-3-5-11-17;1-2/h3-7,10-11,13-14,16,18H,2,8-9,12,15H2,1H3,(H,24,27);1-2H3. The fourth-order valence-electron chi connectivity index (χ4n) is 3.94. The number of benzene rings is 2. The quantitative estimate of drug-likeness (QED) is 0.571. The second kappa shape index (κ2) is 10.1. The van der Waals surface area contributed by atoms with Gasteiger partial charge in [-0.15, -0.1) is 0 Å². The van der Waals surface area contributed by atoms with Crippen LogP contribution in [0.3, 0.4) is 0 Å². The van der Waals surface area contributed by atoms with Gasteiger partial charge in [0.1, 0.15) is 5.82 Å². The molecular weight excluding hydrogens is 358 g/mol. The van der Waals surface area contributed by atoms with Crippen molar-refractivity contribution < 1.29 is 4.79 Å². The van der Waals surface area contributed by atoms with E-state index in [0.717, 1.165) is 35.4 Å². The molecule has 29 heavy (non-hydrogen) atoms. The summed E-state index contributed by atoms with van der Waals surface area (Å²) in [5.74, 6) is 0.824. The van der Waals surface area contributed by atoms with Gasteiger partial charge in [0.2, 0.25) is 0 Å². The zero-order valence-electron chi connectivity index (χ0n) is 17.7. The lowest BCUT2D eigenvalue weighted by Crippen LogP contribution is -2.39. The minimum absolute atomic E-state index is 0.0916. The van der Waals surface area contributed by atoms with Crippen LogP contribution in [0.4, 0.5) is 11.5 Å². The van der Waals surface area contributed by atoms with E-state index in [0.29, 0.717) is 11.6 Å². The van der Waals surface area contributed by atoms with E-state index >= 15 is 0 Å². The van der Waals surface area contributed by atoms with Crippen molar-refractivity contribution in [2.24, 2.45) is 0 Å². The number of anilines is 2. The van der Waals surface area contributed by atoms with Crippen LogP contribution in [-0.4, -0.2) is 23.5 Å². The number of nitrogens with one attached hydrogen (secondary N) is 1. The van der Waals surface area contributed by atoms with Crippen LogP contribution in [0.1, 0.15) is 56.8 Å². The first-order chi connectivity index (χ1) is 14.3. The third-order valence-corrected chi connectivity index (χ3v) is 5.37. The van der Waals surface area contributed by atoms with Crippen molar-refractivity contribution in [1.29, 1.82) is 0 Å². The summed E-state index contributed by atoms with van der Waals surface area (Å²) in [6.07, 6.45) is 4.73. The molecule has 1 fully saturated rings. The summed E-state index contributed by atoms with van der Waals surface area (Å²) in [5.41, 5.74) is 2.35. The second-order valence-electron chi connectivity index (χ2n) is 7.12. The van der Waals surface area contributed by atoms with E-state index in [9.17, 15) is 4.79 Å². The number of fused-ring (bicyclic) bond motifs is 1. The van der Waals surface area contributed by atoms with E-state index < -0.39 is 0 Å². The van der Waals surface area contributed by atoms with Crippen molar-refractivity contribution in [3.63, 3.8) is 0 Å². The molecule has 0 saturated carbocycles. The number of nitrogens with zero attached hydrogens (tertiary/aromatic N) is 2. The van der Waals surface area contributed by atoms with E-state index in [-0.39, 0.29) is 5.91 Å². The molecule has 152 valence electrons. The lowest BCUT2D eigenvalue weighted by molar-refractivity contribution is 0.102. The Hall–Kier alpha value is -2.88. The Kier molecular flexibility index (Phi) is 7.23. The number of aromatic nitrogens is 1. The van der Waals surface area contributed by atoms with E-state index in [4.69, 9.17) is 4.98 Å². The number of rotatable bonds is 4. The molecule has 1 unspecified atom stereocenters. The van der Waals surface area contributed by atoms with Crippen LogP contribution in [0.5, 0.6) is 0 Å². The van der Waals surface area contributed by atoms with Gasteiger partial charge in [0.25, 0.3) is 5.91 Å². The fraction of sp³-hybridized carbons (Fsp3) is 0.360. The summed E-state index contributed by atoms with van der Waals surface area (Å²) in [6.45, 7) is 7.23. The van der Waals surface area contributed by atoms with Gasteiger partial charge in [-0.25, -0.2) is 4.98 Å². The van der Waals surface area contributed by atoms with E-state index in [1.165, 1.54) is 19.3 Å². The van der Waals surface area contributed by atoms with Crippen molar-refractivity contribution in [2.75, 3.05) is 16.8 Å². The molecule has 2 heterocycles. The lowest BCUT2D eigenvalue weighted by Gasteiger charge is -2.36. The maximum atomic E-state index is 13.1.